The van der Waals surface area contributed by atoms with Gasteiger partial charge in [-0.3, -0.25) is 24.0 Å². The number of carbonyl (C=O) groups is 3. The number of aliphatic hydroxyl groups is 2. The van der Waals surface area contributed by atoms with Crippen LogP contribution in [0.5, 0.6) is 0 Å². The second kappa shape index (κ2) is 10.8. The van der Waals surface area contributed by atoms with Crippen molar-refractivity contribution in [3.8, 4) is 11.3 Å². The fraction of sp³-hybridized carbons (Fsp3) is 0.379. The lowest BCUT2D eigenvalue weighted by molar-refractivity contribution is -0.138. The number of hydrogen-bond donors (Lipinski definition) is 3. The Morgan fingerprint density at radius 1 is 1.14 bits per heavy atom. The Kier molecular flexibility index (Phi) is 7.30. The molecule has 43 heavy (non-hydrogen) atoms. The van der Waals surface area contributed by atoms with Crippen LogP contribution in [-0.2, 0) is 16.1 Å². The summed E-state index contributed by atoms with van der Waals surface area (Å²) in [6, 6.07) is 3.94. The highest BCUT2D eigenvalue weighted by Gasteiger charge is 2.70. The van der Waals surface area contributed by atoms with E-state index in [1.165, 1.54) is 16.5 Å². The Morgan fingerprint density at radius 2 is 1.88 bits per heavy atom. The van der Waals surface area contributed by atoms with E-state index >= 15 is 0 Å². The third-order valence-electron chi connectivity index (χ3n) is 8.39. The van der Waals surface area contributed by atoms with Crippen LogP contribution >= 0.6 is 15.9 Å². The molecule has 5 heterocycles. The van der Waals surface area contributed by atoms with Gasteiger partial charge >= 0.3 is 0 Å². The molecule has 0 radical (unpaired) electrons. The molecule has 4 aromatic rings. The highest BCUT2D eigenvalue weighted by atomic mass is 79.9. The molecular formula is C29H29BrN8O5. The number of pyridine rings is 2. The summed E-state index contributed by atoms with van der Waals surface area (Å²) in [4.78, 5) is 58.8. The maximum Gasteiger partial charge on any atom is 0.248 e. The number of hydrogen-bond acceptors (Lipinski definition) is 10. The fourth-order valence-corrected chi connectivity index (χ4v) is 6.30. The molecule has 1 saturated heterocycles. The van der Waals surface area contributed by atoms with E-state index in [1.54, 1.807) is 43.7 Å². The number of nitrogens with zero attached hydrogens (tertiary/aromatic N) is 7. The van der Waals surface area contributed by atoms with Crippen LogP contribution in [0.2, 0.25) is 0 Å². The number of rotatable bonds is 8. The molecule has 4 aromatic heterocycles. The van der Waals surface area contributed by atoms with Gasteiger partial charge in [-0.1, -0.05) is 6.07 Å². The van der Waals surface area contributed by atoms with E-state index in [9.17, 15) is 24.6 Å². The molecule has 1 aliphatic heterocycles. The molecule has 2 fully saturated rings. The second-order valence-electron chi connectivity index (χ2n) is 11.1. The lowest BCUT2D eigenvalue weighted by Crippen LogP contribution is -2.47. The van der Waals surface area contributed by atoms with E-state index in [0.29, 0.717) is 44.8 Å². The van der Waals surface area contributed by atoms with Crippen molar-refractivity contribution in [2.45, 2.75) is 58.3 Å². The molecule has 1 aliphatic carbocycles. The van der Waals surface area contributed by atoms with Crippen molar-refractivity contribution >= 4 is 50.2 Å². The fourth-order valence-electron chi connectivity index (χ4n) is 5.99. The van der Waals surface area contributed by atoms with E-state index in [0.717, 1.165) is 5.56 Å². The van der Waals surface area contributed by atoms with Crippen LogP contribution in [0.3, 0.4) is 0 Å². The minimum atomic E-state index is -1.08. The summed E-state index contributed by atoms with van der Waals surface area (Å²) in [6.45, 7) is 4.24. The number of aliphatic hydroxyl groups excluding tert-OH is 2. The summed E-state index contributed by atoms with van der Waals surface area (Å²) < 4.78 is 1.96. The van der Waals surface area contributed by atoms with Crippen molar-refractivity contribution in [3.05, 3.63) is 58.5 Å². The number of nitrogens with one attached hydrogen (secondary N) is 1. The molecule has 3 N–H and O–H groups in total. The van der Waals surface area contributed by atoms with Gasteiger partial charge in [-0.25, -0.2) is 15.0 Å². The molecule has 4 atom stereocenters. The smallest absolute Gasteiger partial charge is 0.248 e. The van der Waals surface area contributed by atoms with Gasteiger partial charge in [0.25, 0.3) is 0 Å². The standard InChI is InChI=1S/C29H29BrN8O5/c1-14-4-5-24(30)34-27(14)35-28(43)20-7-29(23(41)13-39)8-22(29)38(20)25(42)12-37-21-11-33-19(17-9-31-16(3)32-10-17)6-18(21)26(36-37)15(2)40/h4-6,9-11,20,22-23,39,41H,7-8,12-13H2,1-3H3,(H,34,35,43)/t20-,22+,23+,29+/m0/s1. The summed E-state index contributed by atoms with van der Waals surface area (Å²) in [6.07, 6.45) is 4.39. The SMILES string of the molecule is CC(=O)c1nn(CC(=O)N2[C@H](C(=O)Nc3nc(Br)ccc3C)C[C@@]3([C@H](O)CO)C[C@@H]23)c2cnc(-c3cnc(C)nc3)cc12. The summed E-state index contributed by atoms with van der Waals surface area (Å²) in [5.41, 5.74) is 1.83. The number of amides is 2. The number of carbonyl (C=O) groups excluding carboxylic acids is 3. The number of aryl methyl sites for hydroxylation is 2. The first kappa shape index (κ1) is 29.0. The molecule has 0 spiro atoms. The molecule has 2 aliphatic rings. The van der Waals surface area contributed by atoms with Gasteiger partial charge in [-0.2, -0.15) is 5.10 Å². The number of piperidine rings is 1. The number of halogens is 1. The van der Waals surface area contributed by atoms with Crippen LogP contribution in [0.15, 0.2) is 41.4 Å². The average Bonchev–Trinajstić information content (AvgIpc) is 3.43. The second-order valence-corrected chi connectivity index (χ2v) is 11.9. The minimum Gasteiger partial charge on any atom is -0.394 e. The van der Waals surface area contributed by atoms with Crippen LogP contribution in [0.25, 0.3) is 22.2 Å². The van der Waals surface area contributed by atoms with Crippen molar-refractivity contribution in [2.75, 3.05) is 11.9 Å². The first-order valence-corrected chi connectivity index (χ1v) is 14.5. The van der Waals surface area contributed by atoms with Crippen molar-refractivity contribution in [1.82, 2.24) is 34.6 Å². The molecular weight excluding hydrogens is 620 g/mol. The molecule has 13 nitrogen and oxygen atoms in total. The summed E-state index contributed by atoms with van der Waals surface area (Å²) in [5.74, 6) is -0.168. The van der Waals surface area contributed by atoms with E-state index in [4.69, 9.17) is 0 Å². The zero-order valence-electron chi connectivity index (χ0n) is 23.7. The number of Topliss-reactive ketones (excluding diaryl/α,β-unsaturated/α-hetero) is 1. The zero-order chi connectivity index (χ0) is 30.6. The Bertz CT molecular complexity index is 1780. The largest absolute Gasteiger partial charge is 0.394 e. The average molecular weight is 650 g/mol. The number of anilines is 1. The topological polar surface area (TPSA) is 176 Å². The predicted octanol–water partition coefficient (Wildman–Crippen LogP) is 2.22. The van der Waals surface area contributed by atoms with Gasteiger partial charge in [-0.05, 0) is 60.3 Å². The summed E-state index contributed by atoms with van der Waals surface area (Å²) in [5, 5.41) is 28.2. The minimum absolute atomic E-state index is 0.183. The van der Waals surface area contributed by atoms with Gasteiger partial charge < -0.3 is 20.4 Å². The highest BCUT2D eigenvalue weighted by molar-refractivity contribution is 9.10. The van der Waals surface area contributed by atoms with E-state index in [2.05, 4.69) is 46.3 Å². The Balaban J connectivity index is 1.32. The molecule has 1 saturated carbocycles. The summed E-state index contributed by atoms with van der Waals surface area (Å²) in [7, 11) is 0. The van der Waals surface area contributed by atoms with Gasteiger partial charge in [0, 0.05) is 41.7 Å². The third kappa shape index (κ3) is 5.08. The molecule has 6 rings (SSSR count). The molecule has 14 heteroatoms. The molecule has 0 unspecified atom stereocenters. The van der Waals surface area contributed by atoms with Crippen LogP contribution < -0.4 is 5.32 Å². The predicted molar refractivity (Wildman–Crippen MR) is 158 cm³/mol. The van der Waals surface area contributed by atoms with Crippen molar-refractivity contribution < 1.29 is 24.6 Å². The molecule has 222 valence electrons. The maximum atomic E-state index is 13.9. The van der Waals surface area contributed by atoms with Crippen molar-refractivity contribution in [1.29, 1.82) is 0 Å². The Hall–Kier alpha value is -4.14. The van der Waals surface area contributed by atoms with Gasteiger partial charge in [0.1, 0.15) is 34.5 Å². The maximum absolute atomic E-state index is 13.9. The van der Waals surface area contributed by atoms with Gasteiger partial charge in [0.15, 0.2) is 5.78 Å². The number of aromatic nitrogens is 6. The monoisotopic (exact) mass is 648 g/mol. The highest BCUT2D eigenvalue weighted by Crippen LogP contribution is 2.61. The lowest BCUT2D eigenvalue weighted by atomic mass is 9.93. The van der Waals surface area contributed by atoms with Crippen LogP contribution in [-0.4, -0.2) is 87.2 Å². The number of likely N-dealkylation sites (tertiary alicyclic amines) is 1. The first-order chi connectivity index (χ1) is 20.5. The Labute approximate surface area is 254 Å². The Morgan fingerprint density at radius 3 is 2.58 bits per heavy atom. The van der Waals surface area contributed by atoms with Crippen molar-refractivity contribution in [3.63, 3.8) is 0 Å². The van der Waals surface area contributed by atoms with E-state index < -0.39 is 42.0 Å². The quantitative estimate of drug-likeness (QED) is 0.190. The summed E-state index contributed by atoms with van der Waals surface area (Å²) >= 11 is 3.31. The molecule has 2 amide bonds. The van der Waals surface area contributed by atoms with Crippen LogP contribution in [0.4, 0.5) is 5.82 Å². The van der Waals surface area contributed by atoms with Crippen molar-refractivity contribution in [2.24, 2.45) is 5.41 Å². The van der Waals surface area contributed by atoms with Gasteiger partial charge in [-0.15, -0.1) is 0 Å². The number of fused-ring (bicyclic) bond motifs is 2. The number of ketones is 1. The molecule has 0 aromatic carbocycles. The normalized spacial score (nSPS) is 21.5. The zero-order valence-corrected chi connectivity index (χ0v) is 25.2. The van der Waals surface area contributed by atoms with Crippen LogP contribution in [0.1, 0.15) is 41.6 Å². The third-order valence-corrected chi connectivity index (χ3v) is 8.83. The van der Waals surface area contributed by atoms with Gasteiger partial charge in [0.05, 0.1) is 30.1 Å². The van der Waals surface area contributed by atoms with Crippen LogP contribution in [0, 0.1) is 19.3 Å². The van der Waals surface area contributed by atoms with E-state index in [-0.39, 0.29) is 24.4 Å². The van der Waals surface area contributed by atoms with E-state index in [1.807, 2.05) is 6.92 Å². The molecule has 0 bridgehead atoms. The van der Waals surface area contributed by atoms with Gasteiger partial charge in [0.2, 0.25) is 11.8 Å². The lowest BCUT2D eigenvalue weighted by Gasteiger charge is -2.27. The first-order valence-electron chi connectivity index (χ1n) is 13.7.